The van der Waals surface area contributed by atoms with Gasteiger partial charge in [-0.2, -0.15) is 24.1 Å². The minimum atomic E-state index is -4.09. The van der Waals surface area contributed by atoms with Crippen LogP contribution >= 0.6 is 12.3 Å². The van der Waals surface area contributed by atoms with Gasteiger partial charge in [-0.15, -0.1) is 0 Å². The van der Waals surface area contributed by atoms with E-state index >= 15 is 0 Å². The molecule has 112 valence electrons. The van der Waals surface area contributed by atoms with Gasteiger partial charge in [0.25, 0.3) is 0 Å². The molecule has 0 aliphatic carbocycles. The molecule has 0 atom stereocenters. The molecule has 0 radical (unpaired) electrons. The van der Waals surface area contributed by atoms with Gasteiger partial charge >= 0.3 is 20.2 Å². The summed E-state index contributed by atoms with van der Waals surface area (Å²) in [6.45, 7) is 0. The molecule has 0 aromatic heterocycles. The average Bonchev–Trinajstić information content (AvgIpc) is 2.49. The maximum Gasteiger partial charge on any atom is 0.309 e. The normalized spacial score (nSPS) is 12.2. The SMILES string of the molecule is O=S(=O)(OSOS(=O)(=O)c1ccccc1)c1ccccc1. The molecule has 2 rings (SSSR count). The van der Waals surface area contributed by atoms with Crippen LogP contribution in [0.5, 0.6) is 0 Å². The van der Waals surface area contributed by atoms with Crippen molar-refractivity contribution in [1.82, 2.24) is 0 Å². The van der Waals surface area contributed by atoms with Crippen LogP contribution in [0.1, 0.15) is 0 Å². The molecular formula is C12H10O6S3. The first kappa shape index (κ1) is 16.0. The van der Waals surface area contributed by atoms with E-state index in [0.29, 0.717) is 0 Å². The third-order valence-corrected chi connectivity index (χ3v) is 5.88. The summed E-state index contributed by atoms with van der Waals surface area (Å²) in [4.78, 5) is -0.198. The van der Waals surface area contributed by atoms with Crippen molar-refractivity contribution < 1.29 is 24.1 Å². The zero-order valence-corrected chi connectivity index (χ0v) is 12.9. The Morgan fingerprint density at radius 2 is 0.952 bits per heavy atom. The Hall–Kier alpha value is -1.39. The summed E-state index contributed by atoms with van der Waals surface area (Å²) in [7, 11) is -8.18. The summed E-state index contributed by atoms with van der Waals surface area (Å²) < 4.78 is 55.9. The van der Waals surface area contributed by atoms with Crippen molar-refractivity contribution in [2.75, 3.05) is 0 Å². The Kier molecular flexibility index (Phi) is 5.01. The molecule has 0 saturated carbocycles. The second-order valence-corrected chi connectivity index (χ2v) is 7.72. The van der Waals surface area contributed by atoms with Gasteiger partial charge in [0.05, 0.1) is 9.79 Å². The molecule has 6 nitrogen and oxygen atoms in total. The maximum atomic E-state index is 11.7. The zero-order valence-electron chi connectivity index (χ0n) is 10.4. The standard InChI is InChI=1S/C12H10O6S3/c13-20(14,11-7-3-1-4-8-11)17-19-18-21(15,16)12-9-5-2-6-10-12/h1-10H. The Bertz CT molecular complexity index is 716. The van der Waals surface area contributed by atoms with Gasteiger partial charge in [-0.05, 0) is 24.3 Å². The first-order valence-corrected chi connectivity index (χ1v) is 9.05. The number of hydrogen-bond acceptors (Lipinski definition) is 7. The van der Waals surface area contributed by atoms with Crippen LogP contribution < -0.4 is 0 Å². The first-order valence-electron chi connectivity index (χ1n) is 5.56. The zero-order chi connectivity index (χ0) is 15.3. The average molecular weight is 346 g/mol. The van der Waals surface area contributed by atoms with E-state index in [4.69, 9.17) is 0 Å². The van der Waals surface area contributed by atoms with Crippen molar-refractivity contribution in [3.05, 3.63) is 60.7 Å². The summed E-state index contributed by atoms with van der Waals surface area (Å²) in [5, 5.41) is 0. The van der Waals surface area contributed by atoms with E-state index in [2.05, 4.69) is 7.26 Å². The minimum Gasteiger partial charge on any atom is -0.193 e. The van der Waals surface area contributed by atoms with E-state index < -0.39 is 20.2 Å². The van der Waals surface area contributed by atoms with E-state index in [-0.39, 0.29) is 22.1 Å². The predicted octanol–water partition coefficient (Wildman–Crippen LogP) is 2.36. The smallest absolute Gasteiger partial charge is 0.193 e. The molecule has 0 N–H and O–H groups in total. The molecule has 0 heterocycles. The molecule has 0 saturated heterocycles. The Morgan fingerprint density at radius 3 is 1.29 bits per heavy atom. The van der Waals surface area contributed by atoms with Crippen LogP contribution in [0.15, 0.2) is 70.5 Å². The van der Waals surface area contributed by atoms with Crippen molar-refractivity contribution in [3.63, 3.8) is 0 Å². The third kappa shape index (κ3) is 4.29. The highest BCUT2D eigenvalue weighted by Crippen LogP contribution is 2.23. The Labute approximate surface area is 127 Å². The molecule has 0 fully saturated rings. The van der Waals surface area contributed by atoms with Crippen molar-refractivity contribution in [1.29, 1.82) is 0 Å². The summed E-state index contributed by atoms with van der Waals surface area (Å²) in [5.41, 5.74) is 0. The third-order valence-electron chi connectivity index (χ3n) is 2.30. The van der Waals surface area contributed by atoms with E-state index in [1.165, 1.54) is 48.5 Å². The van der Waals surface area contributed by atoms with E-state index in [1.54, 1.807) is 12.1 Å². The van der Waals surface area contributed by atoms with Crippen LogP contribution in [0, 0.1) is 0 Å². The van der Waals surface area contributed by atoms with Gasteiger partial charge < -0.3 is 0 Å². The van der Waals surface area contributed by atoms with Crippen molar-refractivity contribution in [2.45, 2.75) is 9.79 Å². The molecule has 0 aliphatic rings. The summed E-state index contributed by atoms with van der Waals surface area (Å²) in [5.74, 6) is 0. The first-order chi connectivity index (χ1) is 9.92. The highest BCUT2D eigenvalue weighted by molar-refractivity contribution is 8.07. The Morgan fingerprint density at radius 1 is 0.619 bits per heavy atom. The summed E-state index contributed by atoms with van der Waals surface area (Å²) in [6.07, 6.45) is 0. The van der Waals surface area contributed by atoms with Crippen LogP contribution in [-0.2, 0) is 27.5 Å². The van der Waals surface area contributed by atoms with E-state index in [9.17, 15) is 16.8 Å². The molecule has 0 spiro atoms. The monoisotopic (exact) mass is 346 g/mol. The highest BCUT2D eigenvalue weighted by atomic mass is 32.3. The molecule has 2 aromatic rings. The topological polar surface area (TPSA) is 86.7 Å². The van der Waals surface area contributed by atoms with E-state index in [1.807, 2.05) is 0 Å². The molecule has 0 unspecified atom stereocenters. The highest BCUT2D eigenvalue weighted by Gasteiger charge is 2.21. The van der Waals surface area contributed by atoms with E-state index in [0.717, 1.165) is 0 Å². The molecule has 21 heavy (non-hydrogen) atoms. The largest absolute Gasteiger partial charge is 0.309 e. The van der Waals surface area contributed by atoms with Gasteiger partial charge in [0.1, 0.15) is 0 Å². The summed E-state index contributed by atoms with van der Waals surface area (Å²) in [6, 6.07) is 14.6. The van der Waals surface area contributed by atoms with Crippen LogP contribution in [0.4, 0.5) is 0 Å². The summed E-state index contributed by atoms with van der Waals surface area (Å²) >= 11 is -0.119. The van der Waals surface area contributed by atoms with Crippen LogP contribution in [0.25, 0.3) is 0 Å². The van der Waals surface area contributed by atoms with Gasteiger partial charge in [-0.3, -0.25) is 0 Å². The second-order valence-electron chi connectivity index (χ2n) is 3.74. The van der Waals surface area contributed by atoms with Crippen LogP contribution in [-0.4, -0.2) is 16.8 Å². The van der Waals surface area contributed by atoms with Crippen molar-refractivity contribution >= 4 is 32.6 Å². The predicted molar refractivity (Wildman–Crippen MR) is 77.0 cm³/mol. The fourth-order valence-corrected chi connectivity index (χ4v) is 3.83. The van der Waals surface area contributed by atoms with Gasteiger partial charge in [0.15, 0.2) is 12.3 Å². The minimum absolute atomic E-state index is 0.0989. The lowest BCUT2D eigenvalue weighted by molar-refractivity contribution is 0.477. The van der Waals surface area contributed by atoms with Gasteiger partial charge in [-0.25, -0.2) is 0 Å². The molecule has 9 heteroatoms. The van der Waals surface area contributed by atoms with Gasteiger partial charge in [-0.1, -0.05) is 36.4 Å². The molecule has 0 amide bonds. The lowest BCUT2D eigenvalue weighted by Gasteiger charge is -2.04. The van der Waals surface area contributed by atoms with Gasteiger partial charge in [0.2, 0.25) is 0 Å². The number of hydrogen-bond donors (Lipinski definition) is 0. The Balaban J connectivity index is 2.02. The van der Waals surface area contributed by atoms with Crippen LogP contribution in [0.3, 0.4) is 0 Å². The van der Waals surface area contributed by atoms with Crippen molar-refractivity contribution in [3.8, 4) is 0 Å². The molecular weight excluding hydrogens is 336 g/mol. The quantitative estimate of drug-likeness (QED) is 0.742. The molecule has 0 bridgehead atoms. The lowest BCUT2D eigenvalue weighted by Crippen LogP contribution is -2.05. The maximum absolute atomic E-state index is 11.7. The fourth-order valence-electron chi connectivity index (χ4n) is 1.34. The molecule has 2 aromatic carbocycles. The second kappa shape index (κ2) is 6.58. The lowest BCUT2D eigenvalue weighted by atomic mass is 10.4. The van der Waals surface area contributed by atoms with Crippen LogP contribution in [0.2, 0.25) is 0 Å². The number of benzene rings is 2. The fraction of sp³-hybridized carbons (Fsp3) is 0. The molecule has 0 aliphatic heterocycles. The number of rotatable bonds is 6. The van der Waals surface area contributed by atoms with Gasteiger partial charge in [0, 0.05) is 0 Å². The van der Waals surface area contributed by atoms with Crippen molar-refractivity contribution in [2.24, 2.45) is 0 Å².